The largest absolute Gasteiger partial charge is 0.478 e. The van der Waals surface area contributed by atoms with E-state index in [1.165, 1.54) is 10.7 Å². The van der Waals surface area contributed by atoms with Crippen molar-refractivity contribution < 1.29 is 9.90 Å². The minimum absolute atomic E-state index is 0.0904. The molecule has 0 aliphatic carbocycles. The van der Waals surface area contributed by atoms with Crippen molar-refractivity contribution in [1.29, 1.82) is 0 Å². The minimum Gasteiger partial charge on any atom is -0.478 e. The van der Waals surface area contributed by atoms with Gasteiger partial charge < -0.3 is 5.11 Å². The zero-order valence-corrected chi connectivity index (χ0v) is 13.3. The summed E-state index contributed by atoms with van der Waals surface area (Å²) in [7, 11) is 0. The summed E-state index contributed by atoms with van der Waals surface area (Å²) < 4.78 is 2.01. The lowest BCUT2D eigenvalue weighted by atomic mass is 10.2. The van der Waals surface area contributed by atoms with Crippen molar-refractivity contribution in [3.63, 3.8) is 0 Å². The van der Waals surface area contributed by atoms with Crippen LogP contribution in [0.4, 0.5) is 0 Å². The van der Waals surface area contributed by atoms with Crippen molar-refractivity contribution in [2.24, 2.45) is 0 Å². The fourth-order valence-corrected chi connectivity index (χ4v) is 2.84. The smallest absolute Gasteiger partial charge is 0.337 e. The fraction of sp³-hybridized carbons (Fsp3) is 0. The average Bonchev–Trinajstić information content (AvgIpc) is 2.88. The number of carboxylic acid groups (broad SMARTS) is 1. The number of hydrogen-bond donors (Lipinski definition) is 1. The van der Waals surface area contributed by atoms with Crippen LogP contribution in [0.3, 0.4) is 0 Å². The highest BCUT2D eigenvalue weighted by atomic mass is 79.9. The van der Waals surface area contributed by atoms with Gasteiger partial charge in [0.2, 0.25) is 0 Å². The van der Waals surface area contributed by atoms with Crippen LogP contribution >= 0.6 is 39.1 Å². The van der Waals surface area contributed by atoms with E-state index in [2.05, 4.69) is 26.2 Å². The second kappa shape index (κ2) is 5.29. The Kier molecular flexibility index (Phi) is 3.61. The van der Waals surface area contributed by atoms with Crippen LogP contribution in [0.2, 0.25) is 10.0 Å². The molecule has 1 N–H and O–H groups in total. The number of nitrogens with zero attached hydrogens (tertiary/aromatic N) is 3. The lowest BCUT2D eigenvalue weighted by Gasteiger charge is -2.08. The molecule has 0 atom stereocenters. The van der Waals surface area contributed by atoms with E-state index in [0.717, 1.165) is 0 Å². The number of carbonyl (C=O) groups is 1. The van der Waals surface area contributed by atoms with Crippen LogP contribution in [0.5, 0.6) is 0 Å². The Balaban J connectivity index is 2.37. The van der Waals surface area contributed by atoms with Gasteiger partial charge in [-0.25, -0.2) is 9.48 Å². The number of hydrogen-bond acceptors (Lipinski definition) is 3. The summed E-state index contributed by atoms with van der Waals surface area (Å²) in [6, 6.07) is 8.17. The van der Waals surface area contributed by atoms with Crippen molar-refractivity contribution in [1.82, 2.24) is 15.0 Å². The first kappa shape index (κ1) is 14.3. The molecular formula is C13H6BrCl2N3O2. The molecule has 0 unspecified atom stereocenters. The van der Waals surface area contributed by atoms with E-state index < -0.39 is 5.97 Å². The summed E-state index contributed by atoms with van der Waals surface area (Å²) in [5.41, 5.74) is 1.38. The summed E-state index contributed by atoms with van der Waals surface area (Å²) in [5.74, 6) is -1.07. The van der Waals surface area contributed by atoms with Crippen LogP contribution in [0.25, 0.3) is 16.7 Å². The van der Waals surface area contributed by atoms with Gasteiger partial charge in [0.05, 0.1) is 21.3 Å². The maximum atomic E-state index is 11.4. The van der Waals surface area contributed by atoms with Gasteiger partial charge in [-0.15, -0.1) is 5.10 Å². The molecule has 0 aliphatic heterocycles. The Morgan fingerprint density at radius 2 is 1.95 bits per heavy atom. The first-order valence-corrected chi connectivity index (χ1v) is 7.27. The summed E-state index contributed by atoms with van der Waals surface area (Å²) in [6.45, 7) is 0. The molecule has 0 bridgehead atoms. The standard InChI is InChI=1S/C13H6BrCl2N3O2/c14-7-4-5-9(11(16)10(7)15)19-12-6(13(20)21)2-1-3-8(12)17-18-19/h1-5H,(H,20,21). The number of rotatable bonds is 2. The van der Waals surface area contributed by atoms with Gasteiger partial charge in [0.1, 0.15) is 11.0 Å². The first-order chi connectivity index (χ1) is 10.0. The topological polar surface area (TPSA) is 68.0 Å². The van der Waals surface area contributed by atoms with E-state index in [1.807, 2.05) is 0 Å². The van der Waals surface area contributed by atoms with E-state index in [9.17, 15) is 9.90 Å². The highest BCUT2D eigenvalue weighted by Crippen LogP contribution is 2.35. The van der Waals surface area contributed by atoms with Gasteiger partial charge in [0.25, 0.3) is 0 Å². The zero-order valence-electron chi connectivity index (χ0n) is 10.2. The molecule has 0 saturated heterocycles. The summed E-state index contributed by atoms with van der Waals surface area (Å²) >= 11 is 15.6. The maximum Gasteiger partial charge on any atom is 0.337 e. The molecule has 2 aromatic carbocycles. The number of halogens is 3. The van der Waals surface area contributed by atoms with Gasteiger partial charge in [-0.3, -0.25) is 0 Å². The minimum atomic E-state index is -1.07. The third-order valence-corrected chi connectivity index (χ3v) is 4.70. The number of aromatic carboxylic acids is 1. The zero-order chi connectivity index (χ0) is 15.1. The number of carboxylic acids is 1. The molecule has 1 heterocycles. The van der Waals surface area contributed by atoms with Crippen molar-refractivity contribution in [3.8, 4) is 5.69 Å². The molecule has 0 aliphatic rings. The molecule has 21 heavy (non-hydrogen) atoms. The Labute approximate surface area is 137 Å². The average molecular weight is 387 g/mol. The van der Waals surface area contributed by atoms with Crippen LogP contribution in [0, 0.1) is 0 Å². The molecule has 0 saturated carbocycles. The predicted octanol–water partition coefficient (Wildman–Crippen LogP) is 4.19. The van der Waals surface area contributed by atoms with Gasteiger partial charge in [-0.1, -0.05) is 34.5 Å². The van der Waals surface area contributed by atoms with E-state index in [1.54, 1.807) is 24.3 Å². The second-order valence-electron chi connectivity index (χ2n) is 4.17. The number of para-hydroxylation sites is 1. The normalized spacial score (nSPS) is 11.0. The van der Waals surface area contributed by atoms with Gasteiger partial charge in [0, 0.05) is 4.47 Å². The van der Waals surface area contributed by atoms with Gasteiger partial charge in [-0.05, 0) is 40.2 Å². The van der Waals surface area contributed by atoms with Gasteiger partial charge in [-0.2, -0.15) is 0 Å². The highest BCUT2D eigenvalue weighted by molar-refractivity contribution is 9.10. The molecule has 5 nitrogen and oxygen atoms in total. The van der Waals surface area contributed by atoms with E-state index in [-0.39, 0.29) is 10.6 Å². The molecule has 106 valence electrons. The van der Waals surface area contributed by atoms with E-state index in [4.69, 9.17) is 23.2 Å². The Morgan fingerprint density at radius 1 is 1.19 bits per heavy atom. The molecule has 0 amide bonds. The molecular weight excluding hydrogens is 381 g/mol. The third kappa shape index (κ3) is 2.29. The SMILES string of the molecule is O=C(O)c1cccc2nnn(-c3ccc(Br)c(Cl)c3Cl)c12. The number of fused-ring (bicyclic) bond motifs is 1. The number of benzene rings is 2. The monoisotopic (exact) mass is 385 g/mol. The van der Waals surface area contributed by atoms with Gasteiger partial charge >= 0.3 is 5.97 Å². The Bertz CT molecular complexity index is 879. The van der Waals surface area contributed by atoms with Crippen molar-refractivity contribution in [3.05, 3.63) is 50.4 Å². The highest BCUT2D eigenvalue weighted by Gasteiger charge is 2.18. The van der Waals surface area contributed by atoms with E-state index in [0.29, 0.717) is 26.2 Å². The third-order valence-electron chi connectivity index (χ3n) is 2.94. The summed E-state index contributed by atoms with van der Waals surface area (Å²) in [6.07, 6.45) is 0. The Morgan fingerprint density at radius 3 is 2.67 bits per heavy atom. The fourth-order valence-electron chi connectivity index (χ4n) is 1.99. The van der Waals surface area contributed by atoms with Gasteiger partial charge in [0.15, 0.2) is 0 Å². The molecule has 3 aromatic rings. The molecule has 8 heteroatoms. The molecule has 0 radical (unpaired) electrons. The van der Waals surface area contributed by atoms with E-state index >= 15 is 0 Å². The lowest BCUT2D eigenvalue weighted by molar-refractivity contribution is 0.0698. The molecule has 0 spiro atoms. The first-order valence-electron chi connectivity index (χ1n) is 5.72. The van der Waals surface area contributed by atoms with Crippen LogP contribution < -0.4 is 0 Å². The van der Waals surface area contributed by atoms with Crippen molar-refractivity contribution in [2.75, 3.05) is 0 Å². The summed E-state index contributed by atoms with van der Waals surface area (Å²) in [4.78, 5) is 11.4. The number of aromatic nitrogens is 3. The second-order valence-corrected chi connectivity index (χ2v) is 5.78. The maximum absolute atomic E-state index is 11.4. The van der Waals surface area contributed by atoms with Crippen LogP contribution in [0.15, 0.2) is 34.8 Å². The molecule has 3 rings (SSSR count). The molecule has 0 fully saturated rings. The van der Waals surface area contributed by atoms with Crippen molar-refractivity contribution in [2.45, 2.75) is 0 Å². The van der Waals surface area contributed by atoms with Crippen LogP contribution in [0.1, 0.15) is 10.4 Å². The molecule has 1 aromatic heterocycles. The van der Waals surface area contributed by atoms with Crippen LogP contribution in [-0.4, -0.2) is 26.1 Å². The Hall–Kier alpha value is -1.63. The quantitative estimate of drug-likeness (QED) is 0.670. The summed E-state index contributed by atoms with van der Waals surface area (Å²) in [5, 5.41) is 17.8. The predicted molar refractivity (Wildman–Crippen MR) is 83.5 cm³/mol. The lowest BCUT2D eigenvalue weighted by Crippen LogP contribution is -2.04. The van der Waals surface area contributed by atoms with Crippen LogP contribution in [-0.2, 0) is 0 Å². The van der Waals surface area contributed by atoms with Crippen molar-refractivity contribution >= 4 is 56.1 Å².